The number of rotatable bonds is 7. The second-order valence-electron chi connectivity index (χ2n) is 4.12. The van der Waals surface area contributed by atoms with Crippen molar-refractivity contribution < 1.29 is 17.2 Å². The molecule has 7 heteroatoms. The van der Waals surface area contributed by atoms with Crippen molar-refractivity contribution in [3.05, 3.63) is 24.3 Å². The van der Waals surface area contributed by atoms with Crippen molar-refractivity contribution in [2.45, 2.75) is 30.5 Å². The molecular weight excluding hydrogens is 292 g/mol. The van der Waals surface area contributed by atoms with E-state index in [9.17, 15) is 17.2 Å². The van der Waals surface area contributed by atoms with E-state index >= 15 is 0 Å². The Bertz CT molecular complexity index is 506. The van der Waals surface area contributed by atoms with Gasteiger partial charge in [0.05, 0.1) is 5.75 Å². The minimum atomic E-state index is -3.09. The van der Waals surface area contributed by atoms with Crippen molar-refractivity contribution in [1.29, 1.82) is 0 Å². The molecule has 19 heavy (non-hydrogen) atoms. The average molecular weight is 309 g/mol. The summed E-state index contributed by atoms with van der Waals surface area (Å²) in [5.74, 6) is -2.44. The number of thioether (sulfide) groups is 1. The summed E-state index contributed by atoms with van der Waals surface area (Å²) in [7, 11) is -3.09. The standard InChI is InChI=1S/C12H17F2NO2S2/c1-3-19(16,17)8-9(2)15-10-6-4-5-7-11(10)18-12(13)14/h4-7,9,12,15H,3,8H2,1-2H3. The molecule has 0 heterocycles. The molecule has 0 saturated heterocycles. The quantitative estimate of drug-likeness (QED) is 0.786. The van der Waals surface area contributed by atoms with Gasteiger partial charge in [-0.3, -0.25) is 0 Å². The van der Waals surface area contributed by atoms with Crippen molar-refractivity contribution in [2.75, 3.05) is 16.8 Å². The lowest BCUT2D eigenvalue weighted by Gasteiger charge is -2.17. The normalized spacial score (nSPS) is 13.5. The first kappa shape index (κ1) is 16.2. The molecule has 0 aliphatic heterocycles. The van der Waals surface area contributed by atoms with Crippen molar-refractivity contribution in [1.82, 2.24) is 0 Å². The third kappa shape index (κ3) is 5.78. The van der Waals surface area contributed by atoms with Crippen LogP contribution in [0.1, 0.15) is 13.8 Å². The Kier molecular flexibility index (Phi) is 6.06. The van der Waals surface area contributed by atoms with Gasteiger partial charge in [0.25, 0.3) is 5.76 Å². The first-order valence-corrected chi connectivity index (χ1v) is 8.55. The summed E-state index contributed by atoms with van der Waals surface area (Å²) in [6, 6.07) is 6.31. The zero-order valence-electron chi connectivity index (χ0n) is 10.8. The summed E-state index contributed by atoms with van der Waals surface area (Å²) in [6.45, 7) is 3.31. The van der Waals surface area contributed by atoms with Gasteiger partial charge < -0.3 is 5.32 Å². The third-order valence-electron chi connectivity index (χ3n) is 2.45. The minimum Gasteiger partial charge on any atom is -0.381 e. The van der Waals surface area contributed by atoms with Crippen molar-refractivity contribution in [3.8, 4) is 0 Å². The van der Waals surface area contributed by atoms with Crippen LogP contribution in [0.5, 0.6) is 0 Å². The zero-order valence-corrected chi connectivity index (χ0v) is 12.4. The van der Waals surface area contributed by atoms with Gasteiger partial charge in [-0.15, -0.1) is 0 Å². The zero-order chi connectivity index (χ0) is 14.5. The molecule has 3 nitrogen and oxygen atoms in total. The highest BCUT2D eigenvalue weighted by Crippen LogP contribution is 2.31. The largest absolute Gasteiger partial charge is 0.381 e. The fourth-order valence-corrected chi connectivity index (χ4v) is 3.27. The van der Waals surface area contributed by atoms with Crippen LogP contribution < -0.4 is 5.32 Å². The number of para-hydroxylation sites is 1. The Morgan fingerprint density at radius 1 is 1.32 bits per heavy atom. The Hall–Kier alpha value is -0.820. The molecule has 0 amide bonds. The molecule has 0 aliphatic rings. The van der Waals surface area contributed by atoms with Crippen LogP contribution in [0.2, 0.25) is 0 Å². The van der Waals surface area contributed by atoms with E-state index < -0.39 is 15.6 Å². The Balaban J connectivity index is 2.76. The van der Waals surface area contributed by atoms with E-state index in [2.05, 4.69) is 5.32 Å². The Morgan fingerprint density at radius 2 is 1.95 bits per heavy atom. The molecule has 0 spiro atoms. The predicted octanol–water partition coefficient (Wildman–Crippen LogP) is 3.24. The molecule has 0 bridgehead atoms. The molecule has 1 N–H and O–H groups in total. The average Bonchev–Trinajstić information content (AvgIpc) is 2.30. The van der Waals surface area contributed by atoms with Gasteiger partial charge in [-0.25, -0.2) is 8.42 Å². The molecule has 0 aliphatic carbocycles. The van der Waals surface area contributed by atoms with Crippen LogP contribution in [-0.4, -0.2) is 31.7 Å². The number of alkyl halides is 2. The summed E-state index contributed by atoms with van der Waals surface area (Å²) in [5, 5.41) is 2.97. The summed E-state index contributed by atoms with van der Waals surface area (Å²) in [4.78, 5) is 0.415. The van der Waals surface area contributed by atoms with E-state index in [1.807, 2.05) is 0 Å². The van der Waals surface area contributed by atoms with Crippen molar-refractivity contribution >= 4 is 27.3 Å². The fourth-order valence-electron chi connectivity index (χ4n) is 1.59. The highest BCUT2D eigenvalue weighted by molar-refractivity contribution is 7.99. The molecule has 0 aromatic heterocycles. The second kappa shape index (κ2) is 7.09. The van der Waals surface area contributed by atoms with Crippen LogP contribution in [0.15, 0.2) is 29.2 Å². The van der Waals surface area contributed by atoms with Gasteiger partial charge in [-0.05, 0) is 19.1 Å². The van der Waals surface area contributed by atoms with Gasteiger partial charge in [0, 0.05) is 22.4 Å². The van der Waals surface area contributed by atoms with Gasteiger partial charge in [0.2, 0.25) is 0 Å². The van der Waals surface area contributed by atoms with Crippen LogP contribution in [-0.2, 0) is 9.84 Å². The van der Waals surface area contributed by atoms with Crippen LogP contribution in [0.4, 0.5) is 14.5 Å². The van der Waals surface area contributed by atoms with Crippen LogP contribution in [0.25, 0.3) is 0 Å². The van der Waals surface area contributed by atoms with Gasteiger partial charge in [-0.2, -0.15) is 8.78 Å². The number of sulfone groups is 1. The van der Waals surface area contributed by atoms with E-state index in [4.69, 9.17) is 0 Å². The lowest BCUT2D eigenvalue weighted by molar-refractivity contribution is 0.252. The van der Waals surface area contributed by atoms with E-state index in [0.717, 1.165) is 0 Å². The molecule has 1 aromatic carbocycles. The van der Waals surface area contributed by atoms with E-state index in [1.54, 1.807) is 38.1 Å². The molecule has 0 radical (unpaired) electrons. The highest BCUT2D eigenvalue weighted by atomic mass is 32.2. The maximum atomic E-state index is 12.4. The van der Waals surface area contributed by atoms with E-state index in [1.165, 1.54) is 0 Å². The van der Waals surface area contributed by atoms with Gasteiger partial charge in [0.1, 0.15) is 0 Å². The smallest absolute Gasteiger partial charge is 0.288 e. The van der Waals surface area contributed by atoms with Crippen molar-refractivity contribution in [2.24, 2.45) is 0 Å². The molecular formula is C12H17F2NO2S2. The molecule has 1 rings (SSSR count). The fraction of sp³-hybridized carbons (Fsp3) is 0.500. The molecule has 0 saturated carbocycles. The lowest BCUT2D eigenvalue weighted by atomic mass is 10.3. The van der Waals surface area contributed by atoms with Crippen molar-refractivity contribution in [3.63, 3.8) is 0 Å². The van der Waals surface area contributed by atoms with Gasteiger partial charge in [-0.1, -0.05) is 30.8 Å². The van der Waals surface area contributed by atoms with Crippen LogP contribution in [0, 0.1) is 0 Å². The van der Waals surface area contributed by atoms with Crippen LogP contribution in [0.3, 0.4) is 0 Å². The van der Waals surface area contributed by atoms with Crippen LogP contribution >= 0.6 is 11.8 Å². The summed E-state index contributed by atoms with van der Waals surface area (Å²) < 4.78 is 47.8. The Morgan fingerprint density at radius 3 is 2.53 bits per heavy atom. The first-order valence-electron chi connectivity index (χ1n) is 5.85. The molecule has 0 fully saturated rings. The van der Waals surface area contributed by atoms with Gasteiger partial charge >= 0.3 is 0 Å². The highest BCUT2D eigenvalue weighted by Gasteiger charge is 2.16. The number of halogens is 2. The van der Waals surface area contributed by atoms with E-state index in [-0.39, 0.29) is 17.5 Å². The van der Waals surface area contributed by atoms with Gasteiger partial charge in [0.15, 0.2) is 9.84 Å². The number of anilines is 1. The number of benzene rings is 1. The second-order valence-corrected chi connectivity index (χ2v) is 7.55. The van der Waals surface area contributed by atoms with E-state index in [0.29, 0.717) is 22.3 Å². The number of hydrogen-bond donors (Lipinski definition) is 1. The minimum absolute atomic E-state index is 0.0167. The lowest BCUT2D eigenvalue weighted by Crippen LogP contribution is -2.26. The number of nitrogens with one attached hydrogen (secondary N) is 1. The summed E-state index contributed by atoms with van der Waals surface area (Å²) in [6.07, 6.45) is 0. The first-order chi connectivity index (χ1) is 8.84. The topological polar surface area (TPSA) is 46.2 Å². The Labute approximate surface area is 116 Å². The third-order valence-corrected chi connectivity index (χ3v) is 5.12. The number of hydrogen-bond acceptors (Lipinski definition) is 4. The predicted molar refractivity (Wildman–Crippen MR) is 75.7 cm³/mol. The molecule has 108 valence electrons. The molecule has 1 aromatic rings. The maximum absolute atomic E-state index is 12.4. The monoisotopic (exact) mass is 309 g/mol. The summed E-state index contributed by atoms with van der Waals surface area (Å²) >= 11 is 0.445. The maximum Gasteiger partial charge on any atom is 0.288 e. The SMILES string of the molecule is CCS(=O)(=O)CC(C)Nc1ccccc1SC(F)F. The molecule has 1 unspecified atom stereocenters. The summed E-state index contributed by atoms with van der Waals surface area (Å²) in [5.41, 5.74) is 0.534. The molecule has 1 atom stereocenters.